The third-order valence-electron chi connectivity index (χ3n) is 4.14. The average molecular weight is 374 g/mol. The SMILES string of the molecule is CCOc1ccc(C(=O)NC(C(=O)Nc2ccccc2)c2ccccc2)cc1. The van der Waals surface area contributed by atoms with Crippen LogP contribution in [0.25, 0.3) is 0 Å². The Morgan fingerprint density at radius 2 is 1.46 bits per heavy atom. The van der Waals surface area contributed by atoms with Crippen LogP contribution in [0.2, 0.25) is 0 Å². The predicted molar refractivity (Wildman–Crippen MR) is 109 cm³/mol. The molecule has 0 saturated heterocycles. The summed E-state index contributed by atoms with van der Waals surface area (Å²) in [4.78, 5) is 25.6. The highest BCUT2D eigenvalue weighted by molar-refractivity contribution is 6.01. The molecule has 2 amide bonds. The van der Waals surface area contributed by atoms with Crippen LogP contribution < -0.4 is 15.4 Å². The van der Waals surface area contributed by atoms with Gasteiger partial charge in [-0.2, -0.15) is 0 Å². The molecule has 0 aliphatic carbocycles. The van der Waals surface area contributed by atoms with Crippen molar-refractivity contribution < 1.29 is 14.3 Å². The number of para-hydroxylation sites is 1. The molecule has 0 fully saturated rings. The summed E-state index contributed by atoms with van der Waals surface area (Å²) in [6.07, 6.45) is 0. The Morgan fingerprint density at radius 3 is 2.07 bits per heavy atom. The van der Waals surface area contributed by atoms with E-state index in [1.165, 1.54) is 0 Å². The van der Waals surface area contributed by atoms with Gasteiger partial charge in [-0.05, 0) is 48.9 Å². The summed E-state index contributed by atoms with van der Waals surface area (Å²) in [7, 11) is 0. The second-order valence-electron chi connectivity index (χ2n) is 6.13. The van der Waals surface area contributed by atoms with E-state index in [0.717, 1.165) is 0 Å². The minimum absolute atomic E-state index is 0.309. The van der Waals surface area contributed by atoms with Gasteiger partial charge in [0.25, 0.3) is 11.8 Å². The van der Waals surface area contributed by atoms with Crippen LogP contribution in [-0.4, -0.2) is 18.4 Å². The van der Waals surface area contributed by atoms with Crippen LogP contribution in [-0.2, 0) is 4.79 Å². The molecule has 3 rings (SSSR count). The Hall–Kier alpha value is -3.60. The number of hydrogen-bond acceptors (Lipinski definition) is 3. The molecule has 0 radical (unpaired) electrons. The second-order valence-corrected chi connectivity index (χ2v) is 6.13. The first-order valence-electron chi connectivity index (χ1n) is 9.12. The van der Waals surface area contributed by atoms with Gasteiger partial charge in [0.2, 0.25) is 0 Å². The summed E-state index contributed by atoms with van der Waals surface area (Å²) in [5.41, 5.74) is 1.83. The van der Waals surface area contributed by atoms with Gasteiger partial charge >= 0.3 is 0 Å². The van der Waals surface area contributed by atoms with E-state index >= 15 is 0 Å². The zero-order valence-electron chi connectivity index (χ0n) is 15.6. The number of ether oxygens (including phenoxy) is 1. The third kappa shape index (κ3) is 4.98. The average Bonchev–Trinajstić information content (AvgIpc) is 2.74. The second kappa shape index (κ2) is 9.37. The molecule has 0 aromatic heterocycles. The maximum atomic E-state index is 12.9. The molecule has 1 atom stereocenters. The highest BCUT2D eigenvalue weighted by atomic mass is 16.5. The maximum Gasteiger partial charge on any atom is 0.252 e. The summed E-state index contributed by atoms with van der Waals surface area (Å²) >= 11 is 0. The molecule has 0 spiro atoms. The van der Waals surface area contributed by atoms with Gasteiger partial charge in [-0.15, -0.1) is 0 Å². The fourth-order valence-electron chi connectivity index (χ4n) is 2.77. The number of amides is 2. The van der Waals surface area contributed by atoms with Gasteiger partial charge < -0.3 is 15.4 Å². The standard InChI is InChI=1S/C23H22N2O3/c1-2-28-20-15-13-18(14-16-20)22(26)25-21(17-9-5-3-6-10-17)23(27)24-19-11-7-4-8-12-19/h3-16,21H,2H2,1H3,(H,24,27)(H,25,26). The van der Waals surface area contributed by atoms with Crippen molar-refractivity contribution in [3.8, 4) is 5.75 Å². The maximum absolute atomic E-state index is 12.9. The largest absolute Gasteiger partial charge is 0.494 e. The zero-order chi connectivity index (χ0) is 19.8. The van der Waals surface area contributed by atoms with E-state index in [4.69, 9.17) is 4.74 Å². The molecule has 0 bridgehead atoms. The highest BCUT2D eigenvalue weighted by Gasteiger charge is 2.23. The molecule has 3 aromatic carbocycles. The van der Waals surface area contributed by atoms with Crippen molar-refractivity contribution in [2.75, 3.05) is 11.9 Å². The number of anilines is 1. The van der Waals surface area contributed by atoms with E-state index in [1.807, 2.05) is 55.5 Å². The van der Waals surface area contributed by atoms with Gasteiger partial charge in [-0.3, -0.25) is 9.59 Å². The van der Waals surface area contributed by atoms with E-state index in [1.54, 1.807) is 36.4 Å². The van der Waals surface area contributed by atoms with Crippen molar-refractivity contribution in [3.05, 3.63) is 96.1 Å². The fourth-order valence-corrected chi connectivity index (χ4v) is 2.77. The van der Waals surface area contributed by atoms with E-state index in [-0.39, 0.29) is 11.8 Å². The zero-order valence-corrected chi connectivity index (χ0v) is 15.6. The molecule has 5 heteroatoms. The molecule has 28 heavy (non-hydrogen) atoms. The molecule has 0 aliphatic rings. The summed E-state index contributed by atoms with van der Waals surface area (Å²) in [5.74, 6) is 0.0530. The summed E-state index contributed by atoms with van der Waals surface area (Å²) in [6.45, 7) is 2.46. The van der Waals surface area contributed by atoms with E-state index in [0.29, 0.717) is 29.2 Å². The van der Waals surface area contributed by atoms with Crippen LogP contribution in [0.1, 0.15) is 28.9 Å². The molecule has 142 valence electrons. The van der Waals surface area contributed by atoms with Crippen molar-refractivity contribution >= 4 is 17.5 Å². The van der Waals surface area contributed by atoms with Gasteiger partial charge in [0.1, 0.15) is 11.8 Å². The first-order chi connectivity index (χ1) is 13.7. The number of benzene rings is 3. The van der Waals surface area contributed by atoms with Crippen LogP contribution in [0.5, 0.6) is 5.75 Å². The molecule has 5 nitrogen and oxygen atoms in total. The number of hydrogen-bond donors (Lipinski definition) is 2. The third-order valence-corrected chi connectivity index (χ3v) is 4.14. The van der Waals surface area contributed by atoms with Crippen molar-refractivity contribution in [1.82, 2.24) is 5.32 Å². The van der Waals surface area contributed by atoms with Crippen LogP contribution in [0.3, 0.4) is 0 Å². The first kappa shape index (κ1) is 19.2. The van der Waals surface area contributed by atoms with Crippen LogP contribution in [0.15, 0.2) is 84.9 Å². The van der Waals surface area contributed by atoms with Gasteiger partial charge in [0.15, 0.2) is 0 Å². The number of carbonyl (C=O) groups is 2. The lowest BCUT2D eigenvalue weighted by Crippen LogP contribution is -2.37. The molecular formula is C23H22N2O3. The predicted octanol–water partition coefficient (Wildman–Crippen LogP) is 4.20. The summed E-state index contributed by atoms with van der Waals surface area (Å²) in [5, 5.41) is 5.68. The Morgan fingerprint density at radius 1 is 0.857 bits per heavy atom. The topological polar surface area (TPSA) is 67.4 Å². The molecular weight excluding hydrogens is 352 g/mol. The molecule has 0 heterocycles. The smallest absolute Gasteiger partial charge is 0.252 e. The molecule has 0 saturated carbocycles. The van der Waals surface area contributed by atoms with E-state index < -0.39 is 6.04 Å². The number of rotatable bonds is 7. The normalized spacial score (nSPS) is 11.3. The highest BCUT2D eigenvalue weighted by Crippen LogP contribution is 2.18. The molecule has 1 unspecified atom stereocenters. The van der Waals surface area contributed by atoms with Gasteiger partial charge in [-0.25, -0.2) is 0 Å². The Labute approximate surface area is 164 Å². The van der Waals surface area contributed by atoms with E-state index in [2.05, 4.69) is 10.6 Å². The fraction of sp³-hybridized carbons (Fsp3) is 0.130. The van der Waals surface area contributed by atoms with Gasteiger partial charge in [-0.1, -0.05) is 48.5 Å². The minimum Gasteiger partial charge on any atom is -0.494 e. The monoisotopic (exact) mass is 374 g/mol. The Bertz CT molecular complexity index is 910. The molecule has 0 aliphatic heterocycles. The van der Waals surface area contributed by atoms with Crippen LogP contribution in [0, 0.1) is 0 Å². The van der Waals surface area contributed by atoms with Crippen molar-refractivity contribution in [1.29, 1.82) is 0 Å². The summed E-state index contributed by atoms with van der Waals surface area (Å²) in [6, 6.07) is 24.3. The van der Waals surface area contributed by atoms with Gasteiger partial charge in [0.05, 0.1) is 6.61 Å². The lowest BCUT2D eigenvalue weighted by atomic mass is 10.0. The Kier molecular flexibility index (Phi) is 6.41. The van der Waals surface area contributed by atoms with Crippen LogP contribution >= 0.6 is 0 Å². The quantitative estimate of drug-likeness (QED) is 0.651. The lowest BCUT2D eigenvalue weighted by Gasteiger charge is -2.19. The van der Waals surface area contributed by atoms with Crippen molar-refractivity contribution in [2.45, 2.75) is 13.0 Å². The number of carbonyl (C=O) groups excluding carboxylic acids is 2. The first-order valence-corrected chi connectivity index (χ1v) is 9.12. The Balaban J connectivity index is 1.79. The number of nitrogens with one attached hydrogen (secondary N) is 2. The van der Waals surface area contributed by atoms with E-state index in [9.17, 15) is 9.59 Å². The van der Waals surface area contributed by atoms with Crippen molar-refractivity contribution in [3.63, 3.8) is 0 Å². The molecule has 2 N–H and O–H groups in total. The lowest BCUT2D eigenvalue weighted by molar-refractivity contribution is -0.118. The molecule has 3 aromatic rings. The summed E-state index contributed by atoms with van der Waals surface area (Å²) < 4.78 is 5.40. The van der Waals surface area contributed by atoms with Crippen LogP contribution in [0.4, 0.5) is 5.69 Å². The minimum atomic E-state index is -0.819. The van der Waals surface area contributed by atoms with Gasteiger partial charge in [0, 0.05) is 11.3 Å². The van der Waals surface area contributed by atoms with Crippen molar-refractivity contribution in [2.24, 2.45) is 0 Å².